The highest BCUT2D eigenvalue weighted by atomic mass is 32.2. The Morgan fingerprint density at radius 1 is 1.17 bits per heavy atom. The molecule has 8 heteroatoms. The van der Waals surface area contributed by atoms with Crippen molar-refractivity contribution in [3.63, 3.8) is 0 Å². The highest BCUT2D eigenvalue weighted by molar-refractivity contribution is 7.92. The van der Waals surface area contributed by atoms with E-state index in [9.17, 15) is 13.2 Å². The molecular weight excluding hydrogens is 328 g/mol. The van der Waals surface area contributed by atoms with Crippen LogP contribution in [0.15, 0.2) is 41.6 Å². The number of carbonyl (C=O) groups excluding carboxylic acids is 1. The molecule has 1 aromatic heterocycles. The molecule has 2 aromatic rings. The highest BCUT2D eigenvalue weighted by Crippen LogP contribution is 2.13. The number of anilines is 1. The minimum Gasteiger partial charge on any atom is -0.350 e. The van der Waals surface area contributed by atoms with Gasteiger partial charge in [0.05, 0.1) is 10.5 Å². The van der Waals surface area contributed by atoms with Crippen molar-refractivity contribution < 1.29 is 13.2 Å². The summed E-state index contributed by atoms with van der Waals surface area (Å²) in [6, 6.07) is 6.46. The van der Waals surface area contributed by atoms with E-state index in [1.807, 2.05) is 20.8 Å². The molecular formula is C16H20N4O3S. The summed E-state index contributed by atoms with van der Waals surface area (Å²) in [4.78, 5) is 19.9. The Morgan fingerprint density at radius 2 is 1.75 bits per heavy atom. The highest BCUT2D eigenvalue weighted by Gasteiger charge is 2.16. The van der Waals surface area contributed by atoms with Gasteiger partial charge in [-0.05, 0) is 32.4 Å². The molecule has 1 atom stereocenters. The molecule has 0 aliphatic heterocycles. The van der Waals surface area contributed by atoms with Crippen LogP contribution in [0.5, 0.6) is 0 Å². The average Bonchev–Trinajstić information content (AvgIpc) is 2.55. The second-order valence-corrected chi connectivity index (χ2v) is 7.18. The lowest BCUT2D eigenvalue weighted by Gasteiger charge is -2.11. The summed E-state index contributed by atoms with van der Waals surface area (Å²) < 4.78 is 26.8. The van der Waals surface area contributed by atoms with Gasteiger partial charge in [-0.1, -0.05) is 24.6 Å². The number of aromatic nitrogens is 2. The first-order valence-corrected chi connectivity index (χ1v) is 9.02. The summed E-state index contributed by atoms with van der Waals surface area (Å²) in [6.07, 6.45) is 3.39. The van der Waals surface area contributed by atoms with Crippen molar-refractivity contribution in [2.24, 2.45) is 0 Å². The molecule has 7 nitrogen and oxygen atoms in total. The molecule has 0 saturated carbocycles. The number of amides is 1. The van der Waals surface area contributed by atoms with Crippen LogP contribution in [-0.4, -0.2) is 30.3 Å². The van der Waals surface area contributed by atoms with Crippen LogP contribution in [0.3, 0.4) is 0 Å². The quantitative estimate of drug-likeness (QED) is 0.832. The SMILES string of the molecule is CC[C@H](C)NC(=O)c1cnc(NS(=O)(=O)c2ccc(C)cc2)nc1. The van der Waals surface area contributed by atoms with E-state index in [0.717, 1.165) is 12.0 Å². The van der Waals surface area contributed by atoms with Crippen LogP contribution in [0.1, 0.15) is 36.2 Å². The second-order valence-electron chi connectivity index (χ2n) is 5.50. The van der Waals surface area contributed by atoms with Crippen LogP contribution in [0.4, 0.5) is 5.95 Å². The molecule has 0 aliphatic carbocycles. The van der Waals surface area contributed by atoms with Gasteiger partial charge in [0.2, 0.25) is 5.95 Å². The maximum atomic E-state index is 12.2. The number of nitrogens with one attached hydrogen (secondary N) is 2. The smallest absolute Gasteiger partial charge is 0.264 e. The summed E-state index contributed by atoms with van der Waals surface area (Å²) in [6.45, 7) is 5.73. The molecule has 2 N–H and O–H groups in total. The van der Waals surface area contributed by atoms with Crippen molar-refractivity contribution >= 4 is 21.9 Å². The Morgan fingerprint density at radius 3 is 2.29 bits per heavy atom. The summed E-state index contributed by atoms with van der Waals surface area (Å²) >= 11 is 0. The zero-order chi connectivity index (χ0) is 17.7. The van der Waals surface area contributed by atoms with Crippen molar-refractivity contribution in [3.8, 4) is 0 Å². The van der Waals surface area contributed by atoms with Gasteiger partial charge < -0.3 is 5.32 Å². The summed E-state index contributed by atoms with van der Waals surface area (Å²) in [7, 11) is -3.76. The van der Waals surface area contributed by atoms with Gasteiger partial charge in [0.25, 0.3) is 15.9 Å². The zero-order valence-corrected chi connectivity index (χ0v) is 14.6. The molecule has 2 rings (SSSR count). The van der Waals surface area contributed by atoms with Crippen molar-refractivity contribution in [2.45, 2.75) is 38.1 Å². The zero-order valence-electron chi connectivity index (χ0n) is 13.8. The van der Waals surface area contributed by atoms with Crippen molar-refractivity contribution in [2.75, 3.05) is 4.72 Å². The normalized spacial score (nSPS) is 12.5. The van der Waals surface area contributed by atoms with Crippen molar-refractivity contribution in [1.29, 1.82) is 0 Å². The van der Waals surface area contributed by atoms with Crippen LogP contribution in [0, 0.1) is 6.92 Å². The summed E-state index contributed by atoms with van der Waals surface area (Å²) in [5.41, 5.74) is 1.23. The Hall–Kier alpha value is -2.48. The molecule has 0 radical (unpaired) electrons. The fraction of sp³-hybridized carbons (Fsp3) is 0.312. The van der Waals surface area contributed by atoms with Crippen LogP contribution in [-0.2, 0) is 10.0 Å². The average molecular weight is 348 g/mol. The number of hydrogen-bond donors (Lipinski definition) is 2. The maximum Gasteiger partial charge on any atom is 0.264 e. The Balaban J connectivity index is 2.11. The van der Waals surface area contributed by atoms with Gasteiger partial charge in [-0.2, -0.15) is 0 Å². The first-order chi connectivity index (χ1) is 11.3. The molecule has 128 valence electrons. The third-order valence-corrected chi connectivity index (χ3v) is 4.80. The topological polar surface area (TPSA) is 101 Å². The summed E-state index contributed by atoms with van der Waals surface area (Å²) in [5.74, 6) is -0.382. The van der Waals surface area contributed by atoms with Gasteiger partial charge in [0.15, 0.2) is 0 Å². The van der Waals surface area contributed by atoms with Gasteiger partial charge in [-0.25, -0.2) is 23.1 Å². The van der Waals surface area contributed by atoms with Gasteiger partial charge in [0.1, 0.15) is 0 Å². The lowest BCUT2D eigenvalue weighted by molar-refractivity contribution is 0.0938. The molecule has 1 aromatic carbocycles. The number of benzene rings is 1. The third kappa shape index (κ3) is 4.51. The minimum atomic E-state index is -3.76. The van der Waals surface area contributed by atoms with E-state index in [1.165, 1.54) is 24.5 Å². The molecule has 0 fully saturated rings. The third-order valence-electron chi connectivity index (χ3n) is 3.46. The Bertz CT molecular complexity index is 802. The Labute approximate surface area is 141 Å². The number of hydrogen-bond acceptors (Lipinski definition) is 5. The predicted octanol–water partition coefficient (Wildman–Crippen LogP) is 2.11. The predicted molar refractivity (Wildman–Crippen MR) is 91.2 cm³/mol. The van der Waals surface area contributed by atoms with E-state index in [4.69, 9.17) is 0 Å². The number of carbonyl (C=O) groups is 1. The molecule has 0 spiro atoms. The van der Waals surface area contributed by atoms with E-state index in [2.05, 4.69) is 20.0 Å². The monoisotopic (exact) mass is 348 g/mol. The number of aryl methyl sites for hydroxylation is 1. The van der Waals surface area contributed by atoms with Gasteiger partial charge in [0, 0.05) is 18.4 Å². The number of rotatable bonds is 6. The fourth-order valence-electron chi connectivity index (χ4n) is 1.80. The van der Waals surface area contributed by atoms with Gasteiger partial charge in [-0.3, -0.25) is 4.79 Å². The lowest BCUT2D eigenvalue weighted by Crippen LogP contribution is -2.32. The molecule has 24 heavy (non-hydrogen) atoms. The molecule has 1 heterocycles. The second kappa shape index (κ2) is 7.39. The van der Waals surface area contributed by atoms with E-state index >= 15 is 0 Å². The van der Waals surface area contributed by atoms with Gasteiger partial charge >= 0.3 is 0 Å². The van der Waals surface area contributed by atoms with Crippen LogP contribution >= 0.6 is 0 Å². The van der Waals surface area contributed by atoms with Crippen LogP contribution < -0.4 is 10.0 Å². The number of nitrogens with zero attached hydrogens (tertiary/aromatic N) is 2. The Kier molecular flexibility index (Phi) is 5.50. The standard InChI is InChI=1S/C16H20N4O3S/c1-4-12(3)19-15(21)13-9-17-16(18-10-13)20-24(22,23)14-7-5-11(2)6-8-14/h5-10,12H,4H2,1-3H3,(H,19,21)(H,17,18,20)/t12-/m0/s1. The largest absolute Gasteiger partial charge is 0.350 e. The first-order valence-electron chi connectivity index (χ1n) is 7.54. The number of sulfonamides is 1. The first kappa shape index (κ1) is 17.9. The molecule has 0 unspecified atom stereocenters. The molecule has 0 aliphatic rings. The van der Waals surface area contributed by atoms with Crippen LogP contribution in [0.25, 0.3) is 0 Å². The van der Waals surface area contributed by atoms with Crippen molar-refractivity contribution in [3.05, 3.63) is 47.8 Å². The van der Waals surface area contributed by atoms with E-state index < -0.39 is 10.0 Å². The lowest BCUT2D eigenvalue weighted by atomic mass is 10.2. The molecule has 1 amide bonds. The van der Waals surface area contributed by atoms with E-state index in [0.29, 0.717) is 0 Å². The van der Waals surface area contributed by atoms with E-state index in [1.54, 1.807) is 12.1 Å². The minimum absolute atomic E-state index is 0.0391. The molecule has 0 saturated heterocycles. The van der Waals surface area contributed by atoms with Gasteiger partial charge in [-0.15, -0.1) is 0 Å². The fourth-order valence-corrected chi connectivity index (χ4v) is 2.76. The van der Waals surface area contributed by atoms with Crippen molar-refractivity contribution in [1.82, 2.24) is 15.3 Å². The van der Waals surface area contributed by atoms with E-state index in [-0.39, 0.29) is 28.4 Å². The molecule has 0 bridgehead atoms. The van der Waals surface area contributed by atoms with Crippen LogP contribution in [0.2, 0.25) is 0 Å². The summed E-state index contributed by atoms with van der Waals surface area (Å²) in [5, 5.41) is 2.79. The maximum absolute atomic E-state index is 12.2.